The summed E-state index contributed by atoms with van der Waals surface area (Å²) in [6.45, 7) is 4.32. The fraction of sp³-hybridized carbons (Fsp3) is 0.174. The Labute approximate surface area is 172 Å². The molecule has 0 radical (unpaired) electrons. The zero-order chi connectivity index (χ0) is 21.0. The molecule has 1 N–H and O–H groups in total. The number of anilines is 1. The summed E-state index contributed by atoms with van der Waals surface area (Å²) in [5, 5.41) is 2.83. The van der Waals surface area contributed by atoms with Gasteiger partial charge in [-0.2, -0.15) is 0 Å². The number of carbonyl (C=O) groups is 1. The molecule has 0 bridgehead atoms. The summed E-state index contributed by atoms with van der Waals surface area (Å²) < 4.78 is 27.2. The fourth-order valence-corrected chi connectivity index (χ4v) is 4.08. The Morgan fingerprint density at radius 2 is 1.48 bits per heavy atom. The Kier molecular flexibility index (Phi) is 6.03. The van der Waals surface area contributed by atoms with Crippen molar-refractivity contribution >= 4 is 21.6 Å². The number of hydrogen-bond donors (Lipinski definition) is 1. The summed E-state index contributed by atoms with van der Waals surface area (Å²) in [5.41, 5.74) is 4.04. The zero-order valence-electron chi connectivity index (χ0n) is 16.7. The van der Waals surface area contributed by atoms with Crippen molar-refractivity contribution < 1.29 is 13.2 Å². The summed E-state index contributed by atoms with van der Waals surface area (Å²) in [6, 6.07) is 21.2. The molecule has 0 fully saturated rings. The molecule has 0 unspecified atom stereocenters. The molecule has 0 aliphatic heterocycles. The molecule has 3 rings (SSSR count). The molecule has 0 spiro atoms. The minimum Gasteiger partial charge on any atom is -0.348 e. The zero-order valence-corrected chi connectivity index (χ0v) is 17.5. The number of hydrogen-bond acceptors (Lipinski definition) is 3. The molecule has 0 aromatic heterocycles. The van der Waals surface area contributed by atoms with Crippen LogP contribution in [0, 0.1) is 13.8 Å². The third kappa shape index (κ3) is 4.84. The molecule has 3 aromatic rings. The summed E-state index contributed by atoms with van der Waals surface area (Å²) >= 11 is 0. The van der Waals surface area contributed by atoms with E-state index in [2.05, 4.69) is 5.32 Å². The minimum absolute atomic E-state index is 0.0727. The van der Waals surface area contributed by atoms with Crippen LogP contribution in [0.1, 0.15) is 27.0 Å². The van der Waals surface area contributed by atoms with Crippen LogP contribution in [-0.4, -0.2) is 21.4 Å². The first-order valence-electron chi connectivity index (χ1n) is 9.27. The average molecular weight is 409 g/mol. The summed E-state index contributed by atoms with van der Waals surface area (Å²) in [6.07, 6.45) is 0. The van der Waals surface area contributed by atoms with Gasteiger partial charge in [-0.25, -0.2) is 8.42 Å². The van der Waals surface area contributed by atoms with Gasteiger partial charge in [-0.1, -0.05) is 53.6 Å². The quantitative estimate of drug-likeness (QED) is 0.669. The number of carbonyl (C=O) groups excluding carboxylic acids is 1. The van der Waals surface area contributed by atoms with Gasteiger partial charge < -0.3 is 5.32 Å². The third-order valence-corrected chi connectivity index (χ3v) is 6.51. The smallest absolute Gasteiger partial charge is 0.264 e. The second-order valence-corrected chi connectivity index (χ2v) is 8.97. The van der Waals surface area contributed by atoms with Crippen LogP contribution in [0.5, 0.6) is 0 Å². The van der Waals surface area contributed by atoms with Gasteiger partial charge in [0.15, 0.2) is 0 Å². The molecule has 0 saturated carbocycles. The lowest BCUT2D eigenvalue weighted by Crippen LogP contribution is -2.27. The lowest BCUT2D eigenvalue weighted by atomic mass is 10.1. The second-order valence-electron chi connectivity index (χ2n) is 7.00. The van der Waals surface area contributed by atoms with Gasteiger partial charge in [0, 0.05) is 19.2 Å². The lowest BCUT2D eigenvalue weighted by Gasteiger charge is -2.20. The molecule has 150 valence electrons. The number of nitrogens with one attached hydrogen (secondary N) is 1. The maximum absolute atomic E-state index is 13.0. The number of aryl methyl sites for hydroxylation is 2. The van der Waals surface area contributed by atoms with Crippen molar-refractivity contribution in [2.24, 2.45) is 0 Å². The van der Waals surface area contributed by atoms with Crippen LogP contribution < -0.4 is 9.62 Å². The average Bonchev–Trinajstić information content (AvgIpc) is 2.73. The Balaban J connectivity index is 1.77. The van der Waals surface area contributed by atoms with E-state index in [1.165, 1.54) is 23.5 Å². The first-order valence-corrected chi connectivity index (χ1v) is 10.7. The van der Waals surface area contributed by atoms with Crippen molar-refractivity contribution in [3.63, 3.8) is 0 Å². The standard InChI is InChI=1S/C23H24N2O3S/c1-17-7-11-19(12-8-17)16-24-23(26)20-5-4-6-22(15-20)29(27,28)25(3)21-13-9-18(2)10-14-21/h4-15H,16H2,1-3H3,(H,24,26). The normalized spacial score (nSPS) is 11.1. The fourth-order valence-electron chi connectivity index (χ4n) is 2.84. The van der Waals surface area contributed by atoms with Crippen molar-refractivity contribution in [2.45, 2.75) is 25.3 Å². The molecule has 0 saturated heterocycles. The van der Waals surface area contributed by atoms with E-state index in [0.29, 0.717) is 17.8 Å². The van der Waals surface area contributed by atoms with Crippen molar-refractivity contribution in [2.75, 3.05) is 11.4 Å². The molecule has 1 amide bonds. The highest BCUT2D eigenvalue weighted by Crippen LogP contribution is 2.23. The second kappa shape index (κ2) is 8.49. The lowest BCUT2D eigenvalue weighted by molar-refractivity contribution is 0.0950. The van der Waals surface area contributed by atoms with E-state index >= 15 is 0 Å². The van der Waals surface area contributed by atoms with E-state index in [9.17, 15) is 13.2 Å². The summed E-state index contributed by atoms with van der Waals surface area (Å²) in [7, 11) is -2.28. The van der Waals surface area contributed by atoms with Gasteiger partial charge in [0.1, 0.15) is 0 Å². The molecule has 5 nitrogen and oxygen atoms in total. The molecule has 3 aromatic carbocycles. The Morgan fingerprint density at radius 3 is 2.10 bits per heavy atom. The number of benzene rings is 3. The molecular weight excluding hydrogens is 384 g/mol. The molecular formula is C23H24N2O3S. The number of rotatable bonds is 6. The highest BCUT2D eigenvalue weighted by molar-refractivity contribution is 7.92. The summed E-state index contributed by atoms with van der Waals surface area (Å²) in [4.78, 5) is 12.6. The van der Waals surface area contributed by atoms with E-state index in [1.54, 1.807) is 24.3 Å². The highest BCUT2D eigenvalue weighted by Gasteiger charge is 2.22. The van der Waals surface area contributed by atoms with Crippen LogP contribution in [0.3, 0.4) is 0 Å². The number of sulfonamides is 1. The maximum atomic E-state index is 13.0. The van der Waals surface area contributed by atoms with Crippen LogP contribution in [0.4, 0.5) is 5.69 Å². The largest absolute Gasteiger partial charge is 0.348 e. The molecule has 0 aliphatic carbocycles. The van der Waals surface area contributed by atoms with Crippen molar-refractivity contribution in [1.29, 1.82) is 0 Å². The monoisotopic (exact) mass is 408 g/mol. The third-order valence-electron chi connectivity index (χ3n) is 4.73. The van der Waals surface area contributed by atoms with Crippen LogP contribution in [0.15, 0.2) is 77.7 Å². The topological polar surface area (TPSA) is 66.5 Å². The van der Waals surface area contributed by atoms with Crippen molar-refractivity contribution in [1.82, 2.24) is 5.32 Å². The van der Waals surface area contributed by atoms with Gasteiger partial charge in [0.05, 0.1) is 10.6 Å². The van der Waals surface area contributed by atoms with E-state index in [1.807, 2.05) is 50.2 Å². The Bertz CT molecular complexity index is 1110. The van der Waals surface area contributed by atoms with Gasteiger partial charge in [-0.05, 0) is 49.7 Å². The van der Waals surface area contributed by atoms with E-state index in [0.717, 1.165) is 16.7 Å². The van der Waals surface area contributed by atoms with Crippen molar-refractivity contribution in [3.8, 4) is 0 Å². The first kappa shape index (κ1) is 20.6. The van der Waals surface area contributed by atoms with Crippen LogP contribution in [0.25, 0.3) is 0 Å². The molecule has 0 aliphatic rings. The van der Waals surface area contributed by atoms with Crippen LogP contribution in [-0.2, 0) is 16.6 Å². The molecule has 29 heavy (non-hydrogen) atoms. The predicted molar refractivity (Wildman–Crippen MR) is 116 cm³/mol. The van der Waals surface area contributed by atoms with Crippen LogP contribution in [0.2, 0.25) is 0 Å². The first-order chi connectivity index (χ1) is 13.8. The van der Waals surface area contributed by atoms with Gasteiger partial charge in [0.25, 0.3) is 15.9 Å². The van der Waals surface area contributed by atoms with Crippen molar-refractivity contribution in [3.05, 3.63) is 95.1 Å². The maximum Gasteiger partial charge on any atom is 0.264 e. The number of amides is 1. The van der Waals surface area contributed by atoms with Crippen LogP contribution >= 0.6 is 0 Å². The Morgan fingerprint density at radius 1 is 0.897 bits per heavy atom. The number of nitrogens with zero attached hydrogens (tertiary/aromatic N) is 1. The van der Waals surface area contributed by atoms with Gasteiger partial charge in [-0.3, -0.25) is 9.10 Å². The minimum atomic E-state index is -3.78. The Hall–Kier alpha value is -3.12. The van der Waals surface area contributed by atoms with Gasteiger partial charge >= 0.3 is 0 Å². The highest BCUT2D eigenvalue weighted by atomic mass is 32.2. The van der Waals surface area contributed by atoms with E-state index in [4.69, 9.17) is 0 Å². The van der Waals surface area contributed by atoms with Gasteiger partial charge in [-0.15, -0.1) is 0 Å². The predicted octanol–water partition coefficient (Wildman–Crippen LogP) is 4.06. The van der Waals surface area contributed by atoms with Gasteiger partial charge in [0.2, 0.25) is 0 Å². The molecule has 0 atom stereocenters. The SMILES string of the molecule is Cc1ccc(CNC(=O)c2cccc(S(=O)(=O)N(C)c3ccc(C)cc3)c2)cc1. The molecule has 6 heteroatoms. The van der Waals surface area contributed by atoms with E-state index < -0.39 is 10.0 Å². The summed E-state index contributed by atoms with van der Waals surface area (Å²) in [5.74, 6) is -0.319. The van der Waals surface area contributed by atoms with E-state index in [-0.39, 0.29) is 10.8 Å². The molecule has 0 heterocycles.